The maximum absolute atomic E-state index is 12.2. The van der Waals surface area contributed by atoms with Gasteiger partial charge in [-0.15, -0.1) is 4.52 Å². The number of ether oxygens (including phenoxy) is 1. The minimum absolute atomic E-state index is 0.141. The first-order valence-corrected chi connectivity index (χ1v) is 11.3. The summed E-state index contributed by atoms with van der Waals surface area (Å²) in [6, 6.07) is -0.712. The smallest absolute Gasteiger partial charge is 0.387 e. The minimum atomic E-state index is -4.99. The van der Waals surface area contributed by atoms with Crippen LogP contribution in [0.15, 0.2) is 0 Å². The number of amidine groups is 1. The van der Waals surface area contributed by atoms with Crippen LogP contribution >= 0.6 is 16.3 Å². The van der Waals surface area contributed by atoms with Crippen molar-refractivity contribution in [1.29, 1.82) is 0 Å². The lowest BCUT2D eigenvalue weighted by Gasteiger charge is -2.25. The summed E-state index contributed by atoms with van der Waals surface area (Å²) in [6.07, 6.45) is -6.30. The SMILES string of the molecule is CN1C[N+]([C@@H]2O[C@H](CO[P+](O)(O)O[P+](O)(O)O)[C@@H](O)[C@H]2O)=C2NC(N)NC(=O)C21. The molecule has 29 heavy (non-hydrogen) atoms. The normalized spacial score (nSPS) is 36.2. The van der Waals surface area contributed by atoms with Gasteiger partial charge in [0, 0.05) is 0 Å². The molecule has 3 rings (SSSR count). The molecule has 2 saturated heterocycles. The van der Waals surface area contributed by atoms with Gasteiger partial charge in [-0.05, 0) is 7.05 Å². The highest BCUT2D eigenvalue weighted by atomic mass is 31.3. The third-order valence-electron chi connectivity index (χ3n) is 4.50. The second-order valence-electron chi connectivity index (χ2n) is 6.71. The molecule has 166 valence electrons. The Morgan fingerprint density at radius 1 is 1.24 bits per heavy atom. The van der Waals surface area contributed by atoms with Gasteiger partial charge in [0.05, 0.1) is 4.31 Å². The Kier molecular flexibility index (Phi) is 6.43. The van der Waals surface area contributed by atoms with Gasteiger partial charge in [0.1, 0.15) is 31.6 Å². The quantitative estimate of drug-likeness (QED) is 0.130. The Bertz CT molecular complexity index is 691. The summed E-state index contributed by atoms with van der Waals surface area (Å²) in [5, 5.41) is 26.0. The van der Waals surface area contributed by atoms with Crippen LogP contribution in [0, 0.1) is 0 Å². The Morgan fingerprint density at radius 2 is 1.90 bits per heavy atom. The number of fused-ring (bicyclic) bond motifs is 1. The van der Waals surface area contributed by atoms with E-state index in [1.54, 1.807) is 11.9 Å². The van der Waals surface area contributed by atoms with E-state index in [2.05, 4.69) is 19.5 Å². The summed E-state index contributed by atoms with van der Waals surface area (Å²) in [7, 11) is -8.18. The first kappa shape index (κ1) is 23.0. The van der Waals surface area contributed by atoms with Gasteiger partial charge in [-0.1, -0.05) is 0 Å². The number of nitrogens with zero attached hydrogens (tertiary/aromatic N) is 2. The van der Waals surface area contributed by atoms with Crippen LogP contribution in [-0.2, 0) is 18.4 Å². The first-order chi connectivity index (χ1) is 13.3. The van der Waals surface area contributed by atoms with Crippen LogP contribution in [0.1, 0.15) is 0 Å². The predicted octanol–water partition coefficient (Wildman–Crippen LogP) is -5.57. The van der Waals surface area contributed by atoms with Crippen molar-refractivity contribution in [2.45, 2.75) is 36.9 Å². The molecular weight excluding hydrogens is 440 g/mol. The maximum Gasteiger partial charge on any atom is 0.620 e. The molecule has 3 aliphatic heterocycles. The number of hydrogen-bond donors (Lipinski definition) is 10. The van der Waals surface area contributed by atoms with Gasteiger partial charge < -0.3 is 20.3 Å². The van der Waals surface area contributed by atoms with E-state index in [1.807, 2.05) is 0 Å². The molecule has 18 heteroatoms. The minimum Gasteiger partial charge on any atom is -0.387 e. The Hall–Kier alpha value is -0.680. The van der Waals surface area contributed by atoms with Crippen LogP contribution in [0.25, 0.3) is 0 Å². The number of aliphatic hydroxyl groups is 2. The van der Waals surface area contributed by atoms with E-state index in [1.165, 1.54) is 4.58 Å². The van der Waals surface area contributed by atoms with Crippen LogP contribution in [0.5, 0.6) is 0 Å². The van der Waals surface area contributed by atoms with Crippen molar-refractivity contribution in [1.82, 2.24) is 15.5 Å². The predicted molar refractivity (Wildman–Crippen MR) is 93.6 cm³/mol. The molecule has 0 spiro atoms. The van der Waals surface area contributed by atoms with Crippen molar-refractivity contribution in [2.24, 2.45) is 5.73 Å². The monoisotopic (exact) mass is 464 g/mol. The number of nitrogens with two attached hydrogens (primary N) is 1. The molecule has 0 aliphatic carbocycles. The zero-order chi connectivity index (χ0) is 21.7. The summed E-state index contributed by atoms with van der Waals surface area (Å²) < 4.78 is 15.5. The van der Waals surface area contributed by atoms with Gasteiger partial charge in [-0.25, -0.2) is 14.8 Å². The fourth-order valence-electron chi connectivity index (χ4n) is 3.36. The fraction of sp³-hybridized carbons (Fsp3) is 0.818. The highest BCUT2D eigenvalue weighted by molar-refractivity contribution is 7.67. The van der Waals surface area contributed by atoms with Gasteiger partial charge in [0.15, 0.2) is 6.04 Å². The van der Waals surface area contributed by atoms with Gasteiger partial charge in [0.25, 0.3) is 11.7 Å². The molecule has 11 N–H and O–H groups in total. The van der Waals surface area contributed by atoms with Crippen LogP contribution < -0.4 is 16.4 Å². The lowest BCUT2D eigenvalue weighted by atomic mass is 10.1. The zero-order valence-corrected chi connectivity index (χ0v) is 16.8. The number of hydrogen-bond acceptors (Lipinski definition) is 14. The second-order valence-corrected chi connectivity index (χ2v) is 9.63. The standard InChI is InChI=1S/C11H22N5O11P2/c1-15-3-16(8-5(15)9(19)14-11(12)13-8)10-7(18)6(17)4(26-10)2-25-29(23,24)27-28(20,21)22/h4-7,10-11,17-18,20-24H,2-3,12H2,1H3/q+1/p+2/t4-,5?,6-,7-,10-,11?/m1/s1. The molecule has 0 aromatic carbocycles. The van der Waals surface area contributed by atoms with Crippen LogP contribution in [0.3, 0.4) is 0 Å². The topological polar surface area (TPSA) is 243 Å². The molecule has 0 aromatic heterocycles. The Balaban J connectivity index is 1.72. The highest BCUT2D eigenvalue weighted by Crippen LogP contribution is 2.67. The van der Waals surface area contributed by atoms with E-state index < -0.39 is 59.8 Å². The van der Waals surface area contributed by atoms with E-state index in [0.29, 0.717) is 5.84 Å². The molecule has 16 nitrogen and oxygen atoms in total. The summed E-state index contributed by atoms with van der Waals surface area (Å²) in [4.78, 5) is 59.0. The summed E-state index contributed by atoms with van der Waals surface area (Å²) in [5.74, 6) is -0.00761. The molecular formula is C11H24N5O11P2+3. The van der Waals surface area contributed by atoms with Crippen LogP contribution in [0.2, 0.25) is 0 Å². The molecule has 3 aliphatic rings. The van der Waals surface area contributed by atoms with Crippen molar-refractivity contribution in [3.8, 4) is 0 Å². The lowest BCUT2D eigenvalue weighted by molar-refractivity contribution is -0.623. The fourth-order valence-corrected chi connectivity index (χ4v) is 5.03. The first-order valence-electron chi connectivity index (χ1n) is 8.24. The van der Waals surface area contributed by atoms with E-state index in [4.69, 9.17) is 25.2 Å². The second kappa shape index (κ2) is 8.11. The van der Waals surface area contributed by atoms with E-state index >= 15 is 0 Å². The van der Waals surface area contributed by atoms with Crippen molar-refractivity contribution >= 4 is 28.1 Å². The van der Waals surface area contributed by atoms with Gasteiger partial charge in [-0.2, -0.15) is 24.5 Å². The number of carbonyl (C=O) groups is 1. The Labute approximate surface area is 165 Å². The average Bonchev–Trinajstić information content (AvgIpc) is 3.01. The number of nitrogens with one attached hydrogen (secondary N) is 2. The largest absolute Gasteiger partial charge is 0.620 e. The van der Waals surface area contributed by atoms with Crippen LogP contribution in [0.4, 0.5) is 0 Å². The van der Waals surface area contributed by atoms with E-state index in [9.17, 15) is 24.8 Å². The number of aliphatic hydroxyl groups excluding tert-OH is 2. The maximum atomic E-state index is 12.2. The molecule has 3 heterocycles. The number of rotatable bonds is 6. The highest BCUT2D eigenvalue weighted by Gasteiger charge is 2.60. The molecule has 1 amide bonds. The number of carbonyl (C=O) groups excluding carboxylic acids is 1. The number of likely N-dealkylation sites (N-methyl/N-ethyl adjacent to an activating group) is 1. The molecule has 2 unspecified atom stereocenters. The van der Waals surface area contributed by atoms with E-state index in [-0.39, 0.29) is 12.6 Å². The van der Waals surface area contributed by atoms with Gasteiger partial charge >= 0.3 is 16.3 Å². The van der Waals surface area contributed by atoms with Crippen molar-refractivity contribution in [3.63, 3.8) is 0 Å². The zero-order valence-electron chi connectivity index (χ0n) is 15.0. The molecule has 0 saturated carbocycles. The molecule has 2 fully saturated rings. The molecule has 6 atom stereocenters. The number of amides is 1. The van der Waals surface area contributed by atoms with Crippen molar-refractivity contribution in [2.75, 3.05) is 20.3 Å². The summed E-state index contributed by atoms with van der Waals surface area (Å²) in [6.45, 7) is -0.590. The summed E-state index contributed by atoms with van der Waals surface area (Å²) in [5.41, 5.74) is 5.72. The summed E-state index contributed by atoms with van der Waals surface area (Å²) >= 11 is 0. The third-order valence-corrected chi connectivity index (χ3v) is 6.71. The average molecular weight is 464 g/mol. The lowest BCUT2D eigenvalue weighted by Crippen LogP contribution is -2.67. The van der Waals surface area contributed by atoms with Crippen molar-refractivity contribution in [3.05, 3.63) is 0 Å². The van der Waals surface area contributed by atoms with Gasteiger partial charge in [-0.3, -0.25) is 10.5 Å². The third kappa shape index (κ3) is 4.98. The molecule has 0 aromatic rings. The Morgan fingerprint density at radius 3 is 2.52 bits per heavy atom. The van der Waals surface area contributed by atoms with Crippen molar-refractivity contribution < 1.29 is 57.6 Å². The van der Waals surface area contributed by atoms with Gasteiger partial charge in [0.2, 0.25) is 12.5 Å². The van der Waals surface area contributed by atoms with E-state index in [0.717, 1.165) is 0 Å². The molecule has 0 bridgehead atoms. The van der Waals surface area contributed by atoms with Crippen LogP contribution in [-0.4, -0.2) is 113 Å². The molecule has 0 radical (unpaired) electrons.